The molecule has 5 atom stereocenters. The Kier molecular flexibility index (Phi) is 5.86. The molecule has 1 spiro atoms. The highest BCUT2D eigenvalue weighted by Gasteiger charge is 2.56. The molecule has 1 aromatic carbocycles. The van der Waals surface area contributed by atoms with Gasteiger partial charge in [0.25, 0.3) is 0 Å². The summed E-state index contributed by atoms with van der Waals surface area (Å²) < 4.78 is 6.03. The number of hydrogen-bond donors (Lipinski definition) is 4. The van der Waals surface area contributed by atoms with E-state index in [0.717, 1.165) is 29.7 Å². The summed E-state index contributed by atoms with van der Waals surface area (Å²) in [6, 6.07) is 10.7. The fourth-order valence-corrected chi connectivity index (χ4v) is 6.87. The van der Waals surface area contributed by atoms with Gasteiger partial charge in [0.05, 0.1) is 24.6 Å². The number of benzene rings is 1. The van der Waals surface area contributed by atoms with E-state index in [-0.39, 0.29) is 6.61 Å². The lowest BCUT2D eigenvalue weighted by atomic mass is 9.92. The quantitative estimate of drug-likeness (QED) is 0.601. The standard InChI is InChI=1S/C21H26O5S2/c1-2-12-3-5-13(6-4-12)9-14-10-15-16(27-14)7-8-26-21(15)20(25)19(24)18(23)17(11-22)28-21/h3-6,10,17-20,22-25H,2,7-9,11H2,1H3/t17-,18-,19+,20-,21?/m1/s1. The Labute approximate surface area is 173 Å². The van der Waals surface area contributed by atoms with Crippen LogP contribution in [0.15, 0.2) is 30.3 Å². The fraction of sp³-hybridized carbons (Fsp3) is 0.524. The number of thioether (sulfide) groups is 1. The molecule has 0 radical (unpaired) electrons. The molecule has 5 nitrogen and oxygen atoms in total. The second-order valence-corrected chi connectivity index (χ2v) is 10.1. The number of rotatable bonds is 4. The summed E-state index contributed by atoms with van der Waals surface area (Å²) in [6.07, 6.45) is -1.25. The Balaban J connectivity index is 1.65. The topological polar surface area (TPSA) is 90.2 Å². The first-order chi connectivity index (χ1) is 13.5. The lowest BCUT2D eigenvalue weighted by Gasteiger charge is -2.49. The van der Waals surface area contributed by atoms with Gasteiger partial charge in [-0.05, 0) is 23.6 Å². The van der Waals surface area contributed by atoms with E-state index in [2.05, 4.69) is 37.3 Å². The molecule has 0 bridgehead atoms. The highest BCUT2D eigenvalue weighted by Crippen LogP contribution is 2.53. The minimum atomic E-state index is -1.37. The molecule has 2 aliphatic heterocycles. The molecule has 1 fully saturated rings. The average Bonchev–Trinajstić information content (AvgIpc) is 3.13. The van der Waals surface area contributed by atoms with E-state index in [1.165, 1.54) is 27.8 Å². The van der Waals surface area contributed by atoms with Crippen molar-refractivity contribution >= 4 is 23.1 Å². The Hall–Kier alpha value is -0.930. The van der Waals surface area contributed by atoms with Crippen molar-refractivity contribution in [3.8, 4) is 0 Å². The van der Waals surface area contributed by atoms with E-state index < -0.39 is 28.5 Å². The molecule has 0 amide bonds. The zero-order chi connectivity index (χ0) is 19.9. The average molecular weight is 423 g/mol. The van der Waals surface area contributed by atoms with Gasteiger partial charge in [0.1, 0.15) is 12.2 Å². The third kappa shape index (κ3) is 3.43. The van der Waals surface area contributed by atoms with Crippen LogP contribution in [0.4, 0.5) is 0 Å². The van der Waals surface area contributed by atoms with Gasteiger partial charge in [0.15, 0.2) is 4.93 Å². The zero-order valence-electron chi connectivity index (χ0n) is 15.7. The molecule has 7 heteroatoms. The van der Waals surface area contributed by atoms with Crippen LogP contribution in [0.3, 0.4) is 0 Å². The monoisotopic (exact) mass is 422 g/mol. The van der Waals surface area contributed by atoms with Crippen molar-refractivity contribution in [3.05, 3.63) is 56.8 Å². The van der Waals surface area contributed by atoms with Gasteiger partial charge in [-0.15, -0.1) is 23.1 Å². The van der Waals surface area contributed by atoms with E-state index in [0.29, 0.717) is 6.61 Å². The minimum absolute atomic E-state index is 0.295. The zero-order valence-corrected chi connectivity index (χ0v) is 17.4. The van der Waals surface area contributed by atoms with Gasteiger partial charge in [-0.2, -0.15) is 0 Å². The first-order valence-electron chi connectivity index (χ1n) is 9.65. The fourth-order valence-electron chi connectivity index (χ4n) is 4.00. The van der Waals surface area contributed by atoms with E-state index in [1.54, 1.807) is 11.3 Å². The van der Waals surface area contributed by atoms with Gasteiger partial charge < -0.3 is 25.2 Å². The first kappa shape index (κ1) is 20.3. The predicted octanol–water partition coefficient (Wildman–Crippen LogP) is 1.82. The van der Waals surface area contributed by atoms with Crippen LogP contribution in [0.1, 0.15) is 33.4 Å². The molecule has 0 saturated carbocycles. The smallest absolute Gasteiger partial charge is 0.169 e. The van der Waals surface area contributed by atoms with Gasteiger partial charge in [-0.25, -0.2) is 0 Å². The summed E-state index contributed by atoms with van der Waals surface area (Å²) in [6.45, 7) is 2.28. The van der Waals surface area contributed by atoms with Crippen LogP contribution < -0.4 is 0 Å². The van der Waals surface area contributed by atoms with Crippen molar-refractivity contribution in [2.45, 2.75) is 54.7 Å². The summed E-state index contributed by atoms with van der Waals surface area (Å²) in [4.78, 5) is 1.16. The second-order valence-electron chi connectivity index (χ2n) is 7.43. The molecule has 28 heavy (non-hydrogen) atoms. The maximum Gasteiger partial charge on any atom is 0.169 e. The normalized spacial score (nSPS) is 32.5. The van der Waals surface area contributed by atoms with E-state index >= 15 is 0 Å². The third-order valence-corrected chi connectivity index (χ3v) is 8.50. The van der Waals surface area contributed by atoms with Crippen LogP contribution in [0, 0.1) is 0 Å². The Morgan fingerprint density at radius 3 is 2.50 bits per heavy atom. The van der Waals surface area contributed by atoms with Crippen LogP contribution in [-0.4, -0.2) is 57.2 Å². The number of ether oxygens (including phenoxy) is 1. The van der Waals surface area contributed by atoms with Crippen LogP contribution in [0.2, 0.25) is 0 Å². The number of thiophene rings is 1. The predicted molar refractivity (Wildman–Crippen MR) is 111 cm³/mol. The van der Waals surface area contributed by atoms with Crippen LogP contribution in [0.25, 0.3) is 0 Å². The Morgan fingerprint density at radius 1 is 1.11 bits per heavy atom. The van der Waals surface area contributed by atoms with Crippen molar-refractivity contribution in [1.29, 1.82) is 0 Å². The molecular weight excluding hydrogens is 396 g/mol. The van der Waals surface area contributed by atoms with Gasteiger partial charge >= 0.3 is 0 Å². The molecule has 1 saturated heterocycles. The molecule has 0 aliphatic carbocycles. The van der Waals surface area contributed by atoms with Crippen LogP contribution >= 0.6 is 23.1 Å². The van der Waals surface area contributed by atoms with Gasteiger partial charge in [-0.3, -0.25) is 0 Å². The van der Waals surface area contributed by atoms with Crippen molar-refractivity contribution in [3.63, 3.8) is 0 Å². The van der Waals surface area contributed by atoms with Gasteiger partial charge in [-0.1, -0.05) is 31.2 Å². The summed E-state index contributed by atoms with van der Waals surface area (Å²) >= 11 is 2.93. The lowest BCUT2D eigenvalue weighted by Crippen LogP contribution is -2.60. The number of aryl methyl sites for hydroxylation is 1. The van der Waals surface area contributed by atoms with Crippen molar-refractivity contribution < 1.29 is 25.2 Å². The largest absolute Gasteiger partial charge is 0.395 e. The number of aliphatic hydroxyl groups excluding tert-OH is 4. The molecule has 1 aromatic heterocycles. The van der Waals surface area contributed by atoms with Gasteiger partial charge in [0, 0.05) is 28.2 Å². The summed E-state index contributed by atoms with van der Waals surface area (Å²) in [5.74, 6) is 0. The molecule has 152 valence electrons. The molecule has 2 aromatic rings. The van der Waals surface area contributed by atoms with E-state index in [4.69, 9.17) is 4.74 Å². The van der Waals surface area contributed by atoms with Crippen LogP contribution in [0.5, 0.6) is 0 Å². The summed E-state index contributed by atoms with van der Waals surface area (Å²) in [7, 11) is 0. The van der Waals surface area contributed by atoms with Crippen molar-refractivity contribution in [2.75, 3.05) is 13.2 Å². The van der Waals surface area contributed by atoms with Crippen molar-refractivity contribution in [2.24, 2.45) is 0 Å². The molecule has 2 aliphatic rings. The van der Waals surface area contributed by atoms with Crippen LogP contribution in [-0.2, 0) is 28.9 Å². The van der Waals surface area contributed by atoms with E-state index in [9.17, 15) is 20.4 Å². The lowest BCUT2D eigenvalue weighted by molar-refractivity contribution is -0.155. The van der Waals surface area contributed by atoms with E-state index in [1.807, 2.05) is 0 Å². The molecule has 4 N–H and O–H groups in total. The number of hydrogen-bond acceptors (Lipinski definition) is 7. The maximum atomic E-state index is 10.8. The SMILES string of the molecule is CCc1ccc(Cc2cc3c(s2)CCOC32S[C@H](CO)[C@@H](O)[C@H](O)[C@H]2O)cc1. The minimum Gasteiger partial charge on any atom is -0.395 e. The third-order valence-electron chi connectivity index (χ3n) is 5.64. The molecule has 3 heterocycles. The molecule has 4 rings (SSSR count). The highest BCUT2D eigenvalue weighted by atomic mass is 32.2. The first-order valence-corrected chi connectivity index (χ1v) is 11.3. The Bertz CT molecular complexity index is 819. The summed E-state index contributed by atoms with van der Waals surface area (Å²) in [5, 5.41) is 40.4. The number of aliphatic hydroxyl groups is 4. The number of fused-ring (bicyclic) bond motifs is 2. The van der Waals surface area contributed by atoms with Crippen molar-refractivity contribution in [1.82, 2.24) is 0 Å². The Morgan fingerprint density at radius 2 is 1.82 bits per heavy atom. The summed E-state index contributed by atoms with van der Waals surface area (Å²) in [5.41, 5.74) is 3.41. The maximum absolute atomic E-state index is 10.8. The van der Waals surface area contributed by atoms with Gasteiger partial charge in [0.2, 0.25) is 0 Å². The second kappa shape index (κ2) is 8.07. The highest BCUT2D eigenvalue weighted by molar-refractivity contribution is 8.00. The molecule has 1 unspecified atom stereocenters. The molecular formula is C21H26O5S2.